The minimum atomic E-state index is -0.175. The molecule has 1 N–H and O–H groups in total. The molecule has 4 rings (SSSR count). The summed E-state index contributed by atoms with van der Waals surface area (Å²) < 4.78 is 1.04. The van der Waals surface area contributed by atoms with Crippen molar-refractivity contribution >= 4 is 49.9 Å². The highest BCUT2D eigenvalue weighted by Crippen LogP contribution is 2.31. The van der Waals surface area contributed by atoms with Gasteiger partial charge in [0.15, 0.2) is 5.13 Å². The average molecular weight is 468 g/mol. The van der Waals surface area contributed by atoms with E-state index in [0.29, 0.717) is 16.4 Å². The summed E-state index contributed by atoms with van der Waals surface area (Å²) in [5.74, 6) is -0.282. The van der Waals surface area contributed by atoms with Crippen LogP contribution in [0.1, 0.15) is 32.8 Å². The molecule has 2 heterocycles. The van der Waals surface area contributed by atoms with Gasteiger partial charge >= 0.3 is 0 Å². The minimum Gasteiger partial charge on any atom is -0.308 e. The maximum atomic E-state index is 12.5. The smallest absolute Gasteiger partial charge is 0.258 e. The van der Waals surface area contributed by atoms with Crippen LogP contribution in [0.3, 0.4) is 0 Å². The van der Waals surface area contributed by atoms with Crippen molar-refractivity contribution < 1.29 is 9.59 Å². The highest BCUT2D eigenvalue weighted by Gasteiger charge is 2.30. The number of rotatable bonds is 6. The van der Waals surface area contributed by atoms with Crippen LogP contribution >= 0.6 is 27.3 Å². The summed E-state index contributed by atoms with van der Waals surface area (Å²) in [6.45, 7) is 4.29. The number of carbonyl (C=O) groups excluding carboxylic acids is 2. The van der Waals surface area contributed by atoms with E-state index in [2.05, 4.69) is 44.9 Å². The third kappa shape index (κ3) is 4.31. The first-order valence-electron chi connectivity index (χ1n) is 9.10. The van der Waals surface area contributed by atoms with Gasteiger partial charge in [-0.2, -0.15) is 0 Å². The number of amides is 2. The van der Waals surface area contributed by atoms with Crippen LogP contribution in [0, 0.1) is 0 Å². The Morgan fingerprint density at radius 3 is 2.59 bits per heavy atom. The van der Waals surface area contributed by atoms with E-state index in [4.69, 9.17) is 0 Å². The summed E-state index contributed by atoms with van der Waals surface area (Å²) in [4.78, 5) is 31.8. The van der Waals surface area contributed by atoms with E-state index in [-0.39, 0.29) is 24.8 Å². The molecular formula is C22H18BrN3O2S. The molecule has 1 aliphatic rings. The normalized spacial score (nSPS) is 12.9. The molecule has 5 nitrogen and oxygen atoms in total. The topological polar surface area (TPSA) is 62.3 Å². The van der Waals surface area contributed by atoms with E-state index < -0.39 is 0 Å². The van der Waals surface area contributed by atoms with Crippen molar-refractivity contribution in [3.05, 3.63) is 87.3 Å². The Labute approximate surface area is 181 Å². The number of benzene rings is 2. The fourth-order valence-electron chi connectivity index (χ4n) is 3.22. The van der Waals surface area contributed by atoms with Gasteiger partial charge in [0.2, 0.25) is 5.91 Å². The van der Waals surface area contributed by atoms with Crippen LogP contribution in [0.5, 0.6) is 0 Å². The van der Waals surface area contributed by atoms with E-state index in [1.165, 1.54) is 16.9 Å². The van der Waals surface area contributed by atoms with Crippen molar-refractivity contribution in [2.45, 2.75) is 12.8 Å². The SMILES string of the molecule is C=C1c2ccccc2C(=O)N1CCC(=O)Nc1ncc(Cc2ccc(Br)cc2)s1. The zero-order valence-corrected chi connectivity index (χ0v) is 17.9. The molecule has 2 amide bonds. The monoisotopic (exact) mass is 467 g/mol. The minimum absolute atomic E-state index is 0.107. The van der Waals surface area contributed by atoms with Gasteiger partial charge in [-0.25, -0.2) is 4.98 Å². The summed E-state index contributed by atoms with van der Waals surface area (Å²) in [7, 11) is 0. The maximum Gasteiger partial charge on any atom is 0.258 e. The highest BCUT2D eigenvalue weighted by molar-refractivity contribution is 9.10. The summed E-state index contributed by atoms with van der Waals surface area (Å²) in [6, 6.07) is 15.5. The molecule has 1 aromatic heterocycles. The molecule has 3 aromatic rings. The van der Waals surface area contributed by atoms with Gasteiger partial charge in [-0.05, 0) is 23.8 Å². The van der Waals surface area contributed by atoms with Crippen molar-refractivity contribution in [2.75, 3.05) is 11.9 Å². The molecule has 0 unspecified atom stereocenters. The Morgan fingerprint density at radius 1 is 1.14 bits per heavy atom. The van der Waals surface area contributed by atoms with Gasteiger partial charge < -0.3 is 10.2 Å². The molecule has 0 radical (unpaired) electrons. The van der Waals surface area contributed by atoms with Gasteiger partial charge in [0.1, 0.15) is 0 Å². The first-order chi connectivity index (χ1) is 14.0. The summed E-state index contributed by atoms with van der Waals surface area (Å²) in [6.07, 6.45) is 2.73. The van der Waals surface area contributed by atoms with Gasteiger partial charge in [0, 0.05) is 51.8 Å². The predicted molar refractivity (Wildman–Crippen MR) is 119 cm³/mol. The molecule has 0 saturated carbocycles. The van der Waals surface area contributed by atoms with Gasteiger partial charge in [0.25, 0.3) is 5.91 Å². The van der Waals surface area contributed by atoms with E-state index in [1.54, 1.807) is 17.2 Å². The fourth-order valence-corrected chi connectivity index (χ4v) is 4.34. The molecule has 146 valence electrons. The number of hydrogen-bond donors (Lipinski definition) is 1. The van der Waals surface area contributed by atoms with Crippen LogP contribution in [0.25, 0.3) is 5.70 Å². The lowest BCUT2D eigenvalue weighted by molar-refractivity contribution is -0.116. The van der Waals surface area contributed by atoms with E-state index >= 15 is 0 Å². The lowest BCUT2D eigenvalue weighted by Gasteiger charge is -2.16. The van der Waals surface area contributed by atoms with Crippen LogP contribution in [-0.2, 0) is 11.2 Å². The van der Waals surface area contributed by atoms with E-state index in [9.17, 15) is 9.59 Å². The lowest BCUT2D eigenvalue weighted by atomic mass is 10.1. The second kappa shape index (κ2) is 8.31. The fraction of sp³-hybridized carbons (Fsp3) is 0.136. The lowest BCUT2D eigenvalue weighted by Crippen LogP contribution is -2.27. The number of thiazole rings is 1. The van der Waals surface area contributed by atoms with Gasteiger partial charge in [-0.15, -0.1) is 11.3 Å². The molecule has 1 aliphatic heterocycles. The molecule has 0 bridgehead atoms. The molecule has 29 heavy (non-hydrogen) atoms. The first-order valence-corrected chi connectivity index (χ1v) is 10.7. The number of hydrogen-bond acceptors (Lipinski definition) is 4. The second-order valence-electron chi connectivity index (χ2n) is 6.68. The van der Waals surface area contributed by atoms with Gasteiger partial charge in [0.05, 0.1) is 0 Å². The Morgan fingerprint density at radius 2 is 1.86 bits per heavy atom. The van der Waals surface area contributed by atoms with Crippen LogP contribution in [0.4, 0.5) is 5.13 Å². The van der Waals surface area contributed by atoms with E-state index in [1.807, 2.05) is 30.3 Å². The molecule has 0 saturated heterocycles. The van der Waals surface area contributed by atoms with E-state index in [0.717, 1.165) is 21.3 Å². The van der Waals surface area contributed by atoms with Crippen molar-refractivity contribution in [3.63, 3.8) is 0 Å². The molecular weight excluding hydrogens is 450 g/mol. The largest absolute Gasteiger partial charge is 0.308 e. The van der Waals surface area contributed by atoms with Gasteiger partial charge in [-0.3, -0.25) is 9.59 Å². The number of nitrogens with zero attached hydrogens (tertiary/aromatic N) is 2. The zero-order valence-electron chi connectivity index (χ0n) is 15.5. The number of fused-ring (bicyclic) bond motifs is 1. The molecule has 0 spiro atoms. The number of carbonyl (C=O) groups is 2. The molecule has 0 aliphatic carbocycles. The standard InChI is InChI=1S/C22H18BrN3O2S/c1-14-18-4-2-3-5-19(18)21(28)26(14)11-10-20(27)25-22-24-13-17(29-22)12-15-6-8-16(23)9-7-15/h2-9,13H,1,10-12H2,(H,24,25,27). The van der Waals surface area contributed by atoms with Crippen molar-refractivity contribution in [3.8, 4) is 0 Å². The predicted octanol–water partition coefficient (Wildman–Crippen LogP) is 4.95. The molecule has 7 heteroatoms. The Bertz CT molecular complexity index is 1060. The number of halogens is 1. The average Bonchev–Trinajstić information content (AvgIpc) is 3.25. The van der Waals surface area contributed by atoms with Crippen molar-refractivity contribution in [1.82, 2.24) is 9.88 Å². The Balaban J connectivity index is 1.32. The zero-order chi connectivity index (χ0) is 20.4. The van der Waals surface area contributed by atoms with Crippen LogP contribution in [-0.4, -0.2) is 28.2 Å². The Kier molecular flexibility index (Phi) is 5.60. The van der Waals surface area contributed by atoms with Crippen LogP contribution in [0.2, 0.25) is 0 Å². The second-order valence-corrected chi connectivity index (χ2v) is 8.71. The number of nitrogens with one attached hydrogen (secondary N) is 1. The third-order valence-corrected chi connectivity index (χ3v) is 6.13. The summed E-state index contributed by atoms with van der Waals surface area (Å²) >= 11 is 4.89. The van der Waals surface area contributed by atoms with Crippen molar-refractivity contribution in [2.24, 2.45) is 0 Å². The molecule has 0 fully saturated rings. The van der Waals surface area contributed by atoms with Gasteiger partial charge in [-0.1, -0.05) is 52.8 Å². The summed E-state index contributed by atoms with van der Waals surface area (Å²) in [5, 5.41) is 3.39. The first kappa shape index (κ1) is 19.5. The highest BCUT2D eigenvalue weighted by atomic mass is 79.9. The quantitative estimate of drug-likeness (QED) is 0.557. The van der Waals surface area contributed by atoms with Crippen LogP contribution in [0.15, 0.2) is 65.8 Å². The van der Waals surface area contributed by atoms with Crippen molar-refractivity contribution in [1.29, 1.82) is 0 Å². The Hall–Kier alpha value is -2.77. The molecule has 2 aromatic carbocycles. The summed E-state index contributed by atoms with van der Waals surface area (Å²) in [5.41, 5.74) is 3.29. The van der Waals surface area contributed by atoms with Crippen LogP contribution < -0.4 is 5.32 Å². The number of aromatic nitrogens is 1. The maximum absolute atomic E-state index is 12.5. The third-order valence-electron chi connectivity index (χ3n) is 4.69. The molecule has 0 atom stereocenters. The number of anilines is 1.